The average molecular weight is 471 g/mol. The van der Waals surface area contributed by atoms with Crippen molar-refractivity contribution in [2.24, 2.45) is 23.1 Å². The Labute approximate surface area is 194 Å². The van der Waals surface area contributed by atoms with Crippen molar-refractivity contribution in [1.29, 1.82) is 0 Å². The molecule has 1 aliphatic rings. The van der Waals surface area contributed by atoms with Crippen molar-refractivity contribution in [3.63, 3.8) is 0 Å². The maximum atomic E-state index is 12.9. The number of hydrogen-bond donors (Lipinski definition) is 6. The topological polar surface area (TPSA) is 211 Å². The van der Waals surface area contributed by atoms with Gasteiger partial charge in [0.2, 0.25) is 23.6 Å². The summed E-state index contributed by atoms with van der Waals surface area (Å²) >= 11 is 0. The van der Waals surface area contributed by atoms with Crippen LogP contribution in [0.3, 0.4) is 0 Å². The van der Waals surface area contributed by atoms with E-state index in [-0.39, 0.29) is 18.2 Å². The number of nitrogens with one attached hydrogen (secondary N) is 2. The van der Waals surface area contributed by atoms with Crippen molar-refractivity contribution in [3.8, 4) is 0 Å². The van der Waals surface area contributed by atoms with Gasteiger partial charge in [-0.15, -0.1) is 0 Å². The lowest BCUT2D eigenvalue weighted by Gasteiger charge is -2.28. The number of carboxylic acids is 1. The first-order chi connectivity index (χ1) is 15.5. The Balaban J connectivity index is 2.87. The number of carbonyl (C=O) groups excluding carboxylic acids is 4. The van der Waals surface area contributed by atoms with Crippen LogP contribution in [0.4, 0.5) is 0 Å². The zero-order valence-electron chi connectivity index (χ0n) is 19.4. The van der Waals surface area contributed by atoms with E-state index in [1.165, 1.54) is 4.90 Å². The minimum atomic E-state index is -1.36. The lowest BCUT2D eigenvalue weighted by molar-refractivity contribution is -0.143. The molecule has 0 aromatic carbocycles. The summed E-state index contributed by atoms with van der Waals surface area (Å²) in [7, 11) is 0. The summed E-state index contributed by atoms with van der Waals surface area (Å²) in [5.74, 6) is -3.88. The largest absolute Gasteiger partial charge is 0.480 e. The highest BCUT2D eigenvalue weighted by Gasteiger charge is 2.38. The molecule has 4 atom stereocenters. The van der Waals surface area contributed by atoms with Crippen LogP contribution in [-0.2, 0) is 24.0 Å². The van der Waals surface area contributed by atoms with Gasteiger partial charge in [-0.1, -0.05) is 20.3 Å². The summed E-state index contributed by atoms with van der Waals surface area (Å²) in [5.41, 5.74) is 16.7. The van der Waals surface area contributed by atoms with Gasteiger partial charge in [-0.3, -0.25) is 19.2 Å². The highest BCUT2D eigenvalue weighted by Crippen LogP contribution is 2.20. The van der Waals surface area contributed by atoms with E-state index in [2.05, 4.69) is 10.6 Å². The molecule has 0 aromatic rings. The normalized spacial score (nSPS) is 18.5. The molecular formula is C21H38N6O6. The molecule has 0 aromatic heterocycles. The SMILES string of the molecule is CC(C)CC(NC(=O)C(CC(N)=O)NC(=O)C1CCCN1C(=O)C(N)CCCCN)C(=O)O. The lowest BCUT2D eigenvalue weighted by atomic mass is 10.0. The number of amides is 4. The first kappa shape index (κ1) is 28.3. The van der Waals surface area contributed by atoms with Crippen molar-refractivity contribution in [2.45, 2.75) is 83.0 Å². The van der Waals surface area contributed by atoms with E-state index in [9.17, 15) is 29.1 Å². The Kier molecular flexibility index (Phi) is 11.8. The predicted molar refractivity (Wildman–Crippen MR) is 120 cm³/mol. The second kappa shape index (κ2) is 13.7. The van der Waals surface area contributed by atoms with E-state index in [4.69, 9.17) is 17.2 Å². The third kappa shape index (κ3) is 9.34. The van der Waals surface area contributed by atoms with Gasteiger partial charge in [-0.25, -0.2) is 4.79 Å². The molecule has 0 bridgehead atoms. The highest BCUT2D eigenvalue weighted by atomic mass is 16.4. The molecule has 1 saturated heterocycles. The van der Waals surface area contributed by atoms with E-state index in [0.717, 1.165) is 6.42 Å². The molecule has 4 amide bonds. The van der Waals surface area contributed by atoms with Crippen molar-refractivity contribution >= 4 is 29.6 Å². The van der Waals surface area contributed by atoms with Gasteiger partial charge in [0, 0.05) is 6.54 Å². The molecule has 33 heavy (non-hydrogen) atoms. The van der Waals surface area contributed by atoms with Gasteiger partial charge < -0.3 is 37.8 Å². The molecular weight excluding hydrogens is 432 g/mol. The van der Waals surface area contributed by atoms with Crippen molar-refractivity contribution in [3.05, 3.63) is 0 Å². The molecule has 12 nitrogen and oxygen atoms in total. The number of nitrogens with zero attached hydrogens (tertiary/aromatic N) is 1. The van der Waals surface area contributed by atoms with Gasteiger partial charge in [-0.2, -0.15) is 0 Å². The standard InChI is InChI=1S/C21H38N6O6/c1-12(2)10-15(21(32)33)26-18(29)14(11-17(24)28)25-19(30)16-7-5-9-27(16)20(31)13(23)6-3-4-8-22/h12-16H,3-11,22-23H2,1-2H3,(H2,24,28)(H,25,30)(H,26,29)(H,32,33). The fraction of sp³-hybridized carbons (Fsp3) is 0.762. The number of primary amides is 1. The molecule has 9 N–H and O–H groups in total. The van der Waals surface area contributed by atoms with E-state index >= 15 is 0 Å². The van der Waals surface area contributed by atoms with Crippen LogP contribution >= 0.6 is 0 Å². The summed E-state index contributed by atoms with van der Waals surface area (Å²) in [6, 6.07) is -4.14. The number of carboxylic acid groups (broad SMARTS) is 1. The van der Waals surface area contributed by atoms with Gasteiger partial charge in [0.1, 0.15) is 18.1 Å². The fourth-order valence-electron chi connectivity index (χ4n) is 3.79. The maximum Gasteiger partial charge on any atom is 0.326 e. The van der Waals surface area contributed by atoms with Crippen LogP contribution in [0.15, 0.2) is 0 Å². The Hall–Kier alpha value is -2.73. The Bertz CT molecular complexity index is 715. The number of nitrogens with two attached hydrogens (primary N) is 3. The second-order valence-electron chi connectivity index (χ2n) is 8.84. The molecule has 0 radical (unpaired) electrons. The van der Waals surface area contributed by atoms with Crippen LogP contribution in [0.2, 0.25) is 0 Å². The number of rotatable bonds is 14. The Morgan fingerprint density at radius 2 is 1.76 bits per heavy atom. The van der Waals surface area contributed by atoms with Crippen molar-refractivity contribution in [1.82, 2.24) is 15.5 Å². The van der Waals surface area contributed by atoms with Crippen LogP contribution in [-0.4, -0.2) is 76.9 Å². The van der Waals surface area contributed by atoms with Gasteiger partial charge in [0.05, 0.1) is 12.5 Å². The zero-order valence-corrected chi connectivity index (χ0v) is 19.4. The van der Waals surface area contributed by atoms with E-state index in [0.29, 0.717) is 38.8 Å². The van der Waals surface area contributed by atoms with Crippen LogP contribution in [0.5, 0.6) is 0 Å². The number of hydrogen-bond acceptors (Lipinski definition) is 7. The third-order valence-corrected chi connectivity index (χ3v) is 5.48. The highest BCUT2D eigenvalue weighted by molar-refractivity contribution is 5.96. The molecule has 0 aliphatic carbocycles. The summed E-state index contributed by atoms with van der Waals surface area (Å²) < 4.78 is 0. The molecule has 1 heterocycles. The van der Waals surface area contributed by atoms with Gasteiger partial charge in [-0.05, 0) is 44.6 Å². The van der Waals surface area contributed by atoms with E-state index < -0.39 is 54.3 Å². The van der Waals surface area contributed by atoms with Gasteiger partial charge in [0.25, 0.3) is 0 Å². The van der Waals surface area contributed by atoms with Crippen LogP contribution in [0.1, 0.15) is 58.8 Å². The summed E-state index contributed by atoms with van der Waals surface area (Å²) in [4.78, 5) is 62.7. The van der Waals surface area contributed by atoms with Crippen LogP contribution in [0, 0.1) is 5.92 Å². The first-order valence-corrected chi connectivity index (χ1v) is 11.4. The smallest absolute Gasteiger partial charge is 0.326 e. The first-order valence-electron chi connectivity index (χ1n) is 11.4. The van der Waals surface area contributed by atoms with Crippen LogP contribution in [0.25, 0.3) is 0 Å². The van der Waals surface area contributed by atoms with Crippen molar-refractivity contribution in [2.75, 3.05) is 13.1 Å². The predicted octanol–water partition coefficient (Wildman–Crippen LogP) is -1.59. The molecule has 188 valence electrons. The van der Waals surface area contributed by atoms with Gasteiger partial charge >= 0.3 is 5.97 Å². The molecule has 0 saturated carbocycles. The number of unbranched alkanes of at least 4 members (excludes halogenated alkanes) is 1. The molecule has 0 spiro atoms. The lowest BCUT2D eigenvalue weighted by Crippen LogP contribution is -2.57. The summed E-state index contributed by atoms with van der Waals surface area (Å²) in [5, 5.41) is 14.2. The number of aliphatic carboxylic acids is 1. The third-order valence-electron chi connectivity index (χ3n) is 5.48. The minimum absolute atomic E-state index is 0.0114. The molecule has 12 heteroatoms. The quantitative estimate of drug-likeness (QED) is 0.162. The zero-order chi connectivity index (χ0) is 25.1. The molecule has 1 rings (SSSR count). The van der Waals surface area contributed by atoms with Crippen LogP contribution < -0.4 is 27.8 Å². The fourth-order valence-corrected chi connectivity index (χ4v) is 3.79. The summed E-state index contributed by atoms with van der Waals surface area (Å²) in [6.07, 6.45) is 2.50. The maximum absolute atomic E-state index is 12.9. The number of carbonyl (C=O) groups is 5. The number of likely N-dealkylation sites (tertiary alicyclic amines) is 1. The van der Waals surface area contributed by atoms with E-state index in [1.54, 1.807) is 13.8 Å². The summed E-state index contributed by atoms with van der Waals surface area (Å²) in [6.45, 7) is 4.46. The average Bonchev–Trinajstić information content (AvgIpc) is 3.21. The second-order valence-corrected chi connectivity index (χ2v) is 8.84. The molecule has 1 aliphatic heterocycles. The molecule has 4 unspecified atom stereocenters. The Morgan fingerprint density at radius 1 is 1.09 bits per heavy atom. The van der Waals surface area contributed by atoms with Gasteiger partial charge in [0.15, 0.2) is 0 Å². The Morgan fingerprint density at radius 3 is 2.30 bits per heavy atom. The monoisotopic (exact) mass is 470 g/mol. The van der Waals surface area contributed by atoms with E-state index in [1.807, 2.05) is 0 Å². The minimum Gasteiger partial charge on any atom is -0.480 e. The van der Waals surface area contributed by atoms with Crippen molar-refractivity contribution < 1.29 is 29.1 Å². The molecule has 1 fully saturated rings.